The van der Waals surface area contributed by atoms with Crippen LogP contribution in [0, 0.1) is 0 Å². The molecule has 0 aliphatic carbocycles. The van der Waals surface area contributed by atoms with Crippen LogP contribution in [0.4, 0.5) is 4.79 Å². The number of aliphatic hydroxyl groups is 1. The van der Waals surface area contributed by atoms with Crippen molar-refractivity contribution in [2.24, 2.45) is 17.2 Å². The summed E-state index contributed by atoms with van der Waals surface area (Å²) in [6.07, 6.45) is -0.312. The predicted octanol–water partition coefficient (Wildman–Crippen LogP) is 1.70. The SMILES string of the molecule is CC1(C([C@H](O)CCc2ccccc2)N(C(=O)c2ccc3ccccc3n2)C(=O)[C@@H](N)CC(N)=O)CCCN1C(N)=O. The summed E-state index contributed by atoms with van der Waals surface area (Å²) in [5.41, 5.74) is 17.4. The van der Waals surface area contributed by atoms with Crippen molar-refractivity contribution < 1.29 is 24.3 Å². The number of aryl methyl sites for hydroxylation is 1. The third-order valence-corrected chi connectivity index (χ3v) is 7.81. The Labute approximate surface area is 238 Å². The van der Waals surface area contributed by atoms with Gasteiger partial charge in [-0.15, -0.1) is 0 Å². The van der Waals surface area contributed by atoms with E-state index in [2.05, 4.69) is 4.98 Å². The highest BCUT2D eigenvalue weighted by Crippen LogP contribution is 2.38. The molecule has 4 rings (SSSR count). The molecule has 0 radical (unpaired) electrons. The molecule has 1 aromatic heterocycles. The van der Waals surface area contributed by atoms with Crippen molar-refractivity contribution in [1.82, 2.24) is 14.8 Å². The van der Waals surface area contributed by atoms with Crippen molar-refractivity contribution in [3.8, 4) is 0 Å². The maximum Gasteiger partial charge on any atom is 0.315 e. The van der Waals surface area contributed by atoms with Crippen LogP contribution in [0.15, 0.2) is 66.7 Å². The quantitative estimate of drug-likeness (QED) is 0.290. The molecule has 11 heteroatoms. The molecule has 4 atom stereocenters. The smallest absolute Gasteiger partial charge is 0.315 e. The second-order valence-electron chi connectivity index (χ2n) is 10.7. The number of amides is 5. The summed E-state index contributed by atoms with van der Waals surface area (Å²) in [7, 11) is 0. The summed E-state index contributed by atoms with van der Waals surface area (Å²) in [5, 5.41) is 12.6. The molecule has 1 saturated heterocycles. The van der Waals surface area contributed by atoms with E-state index < -0.39 is 53.9 Å². The Balaban J connectivity index is 1.83. The minimum absolute atomic E-state index is 0.0594. The maximum absolute atomic E-state index is 14.2. The summed E-state index contributed by atoms with van der Waals surface area (Å²) in [6.45, 7) is 1.98. The first-order valence-corrected chi connectivity index (χ1v) is 13.6. The monoisotopic (exact) mass is 560 g/mol. The second-order valence-corrected chi connectivity index (χ2v) is 10.7. The first-order valence-electron chi connectivity index (χ1n) is 13.6. The van der Waals surface area contributed by atoms with Gasteiger partial charge >= 0.3 is 6.03 Å². The molecule has 0 saturated carbocycles. The van der Waals surface area contributed by atoms with E-state index in [0.29, 0.717) is 24.8 Å². The normalized spacial score (nSPS) is 19.0. The number of likely N-dealkylation sites (tertiary alicyclic amines) is 1. The Kier molecular flexibility index (Phi) is 8.99. The van der Waals surface area contributed by atoms with Crippen LogP contribution >= 0.6 is 0 Å². The van der Waals surface area contributed by atoms with Gasteiger partial charge in [0.2, 0.25) is 11.8 Å². The molecule has 2 aromatic carbocycles. The van der Waals surface area contributed by atoms with Crippen LogP contribution < -0.4 is 17.2 Å². The van der Waals surface area contributed by atoms with Gasteiger partial charge in [0.25, 0.3) is 5.91 Å². The van der Waals surface area contributed by atoms with E-state index in [1.54, 1.807) is 25.1 Å². The summed E-state index contributed by atoms with van der Waals surface area (Å²) in [4.78, 5) is 59.2. The number of nitrogens with two attached hydrogens (primary N) is 3. The van der Waals surface area contributed by atoms with Crippen LogP contribution in [0.25, 0.3) is 10.9 Å². The van der Waals surface area contributed by atoms with Gasteiger partial charge in [0.1, 0.15) is 5.69 Å². The van der Waals surface area contributed by atoms with Gasteiger partial charge in [0.05, 0.1) is 35.7 Å². The van der Waals surface area contributed by atoms with Crippen molar-refractivity contribution >= 4 is 34.7 Å². The highest BCUT2D eigenvalue weighted by atomic mass is 16.3. The molecule has 2 heterocycles. The molecule has 216 valence electrons. The van der Waals surface area contributed by atoms with Crippen molar-refractivity contribution in [1.29, 1.82) is 0 Å². The van der Waals surface area contributed by atoms with Gasteiger partial charge in [-0.2, -0.15) is 0 Å². The molecule has 0 bridgehead atoms. The standard InChI is InChI=1S/C30H36N6O5/c1-30(16-7-17-35(30)29(33)41)26(24(37)15-12-19-8-3-2-4-9-19)36(27(39)21(31)18-25(32)38)28(40)23-14-13-20-10-5-6-11-22(20)34-23/h2-6,8-11,13-14,21,24,26,37H,7,12,15-18,31H2,1H3,(H2,32,38)(H2,33,41)/t21-,24+,26?,30?/m0/s1. The number of nitrogens with zero attached hydrogens (tertiary/aromatic N) is 3. The average Bonchev–Trinajstić information content (AvgIpc) is 3.36. The van der Waals surface area contributed by atoms with Gasteiger partial charge in [-0.3, -0.25) is 19.3 Å². The van der Waals surface area contributed by atoms with Crippen molar-refractivity contribution in [3.05, 3.63) is 78.0 Å². The first-order chi connectivity index (χ1) is 19.5. The number of aliphatic hydroxyl groups excluding tert-OH is 1. The zero-order valence-corrected chi connectivity index (χ0v) is 23.0. The second kappa shape index (κ2) is 12.4. The topological polar surface area (TPSA) is 186 Å². The Morgan fingerprint density at radius 2 is 1.71 bits per heavy atom. The highest BCUT2D eigenvalue weighted by Gasteiger charge is 2.53. The Morgan fingerprint density at radius 1 is 1.02 bits per heavy atom. The number of pyridine rings is 1. The molecule has 2 unspecified atom stereocenters. The van der Waals surface area contributed by atoms with E-state index >= 15 is 0 Å². The number of hydrogen-bond donors (Lipinski definition) is 4. The number of imide groups is 1. The van der Waals surface area contributed by atoms with Gasteiger partial charge in [-0.1, -0.05) is 54.6 Å². The Morgan fingerprint density at radius 3 is 2.39 bits per heavy atom. The molecular formula is C30H36N6O5. The van der Waals surface area contributed by atoms with Crippen LogP contribution in [-0.2, 0) is 16.0 Å². The summed E-state index contributed by atoms with van der Waals surface area (Å²) in [6, 6.07) is 16.3. The molecule has 0 spiro atoms. The summed E-state index contributed by atoms with van der Waals surface area (Å²) in [5.74, 6) is -2.55. The third kappa shape index (κ3) is 6.36. The lowest BCUT2D eigenvalue weighted by atomic mass is 9.82. The van der Waals surface area contributed by atoms with E-state index in [1.165, 1.54) is 11.0 Å². The van der Waals surface area contributed by atoms with Gasteiger partial charge in [-0.25, -0.2) is 9.78 Å². The minimum Gasteiger partial charge on any atom is -0.391 e. The van der Waals surface area contributed by atoms with Crippen molar-refractivity contribution in [3.63, 3.8) is 0 Å². The number of para-hydroxylation sites is 1. The molecular weight excluding hydrogens is 524 g/mol. The molecule has 1 fully saturated rings. The number of hydrogen-bond acceptors (Lipinski definition) is 7. The Hall–Kier alpha value is -4.35. The molecule has 11 nitrogen and oxygen atoms in total. The largest absolute Gasteiger partial charge is 0.391 e. The molecule has 7 N–H and O–H groups in total. The van der Waals surface area contributed by atoms with E-state index in [-0.39, 0.29) is 18.7 Å². The van der Waals surface area contributed by atoms with E-state index in [9.17, 15) is 24.3 Å². The fraction of sp³-hybridized carbons (Fsp3) is 0.367. The van der Waals surface area contributed by atoms with Crippen LogP contribution in [0.5, 0.6) is 0 Å². The van der Waals surface area contributed by atoms with Crippen LogP contribution in [0.3, 0.4) is 0 Å². The minimum atomic E-state index is -1.47. The van der Waals surface area contributed by atoms with Crippen molar-refractivity contribution in [2.45, 2.75) is 62.8 Å². The number of benzene rings is 2. The molecule has 41 heavy (non-hydrogen) atoms. The lowest BCUT2D eigenvalue weighted by Gasteiger charge is -2.47. The van der Waals surface area contributed by atoms with E-state index in [4.69, 9.17) is 17.2 Å². The predicted molar refractivity (Wildman–Crippen MR) is 153 cm³/mol. The number of fused-ring (bicyclic) bond motifs is 1. The van der Waals surface area contributed by atoms with E-state index in [0.717, 1.165) is 15.8 Å². The van der Waals surface area contributed by atoms with Gasteiger partial charge in [0, 0.05) is 11.9 Å². The molecule has 1 aliphatic rings. The number of aromatic nitrogens is 1. The first kappa shape index (κ1) is 29.6. The zero-order chi connectivity index (χ0) is 29.7. The van der Waals surface area contributed by atoms with Crippen LogP contribution in [-0.4, -0.2) is 73.9 Å². The number of carbonyl (C=O) groups is 4. The van der Waals surface area contributed by atoms with Crippen LogP contribution in [0.2, 0.25) is 0 Å². The molecule has 1 aliphatic heterocycles. The number of urea groups is 1. The van der Waals surface area contributed by atoms with Gasteiger partial charge < -0.3 is 27.2 Å². The summed E-state index contributed by atoms with van der Waals surface area (Å²) >= 11 is 0. The fourth-order valence-corrected chi connectivity index (χ4v) is 5.79. The number of carbonyl (C=O) groups excluding carboxylic acids is 4. The average molecular weight is 561 g/mol. The van der Waals surface area contributed by atoms with Crippen LogP contribution in [0.1, 0.15) is 48.7 Å². The number of primary amides is 2. The summed E-state index contributed by atoms with van der Waals surface area (Å²) < 4.78 is 0. The van der Waals surface area contributed by atoms with Gasteiger partial charge in [-0.05, 0) is 50.3 Å². The fourth-order valence-electron chi connectivity index (χ4n) is 5.79. The third-order valence-electron chi connectivity index (χ3n) is 7.81. The molecule has 5 amide bonds. The highest BCUT2D eigenvalue weighted by molar-refractivity contribution is 6.07. The van der Waals surface area contributed by atoms with Gasteiger partial charge in [0.15, 0.2) is 0 Å². The maximum atomic E-state index is 14.2. The molecule has 3 aromatic rings. The lowest BCUT2D eigenvalue weighted by molar-refractivity contribution is -0.139. The number of rotatable bonds is 10. The lowest BCUT2D eigenvalue weighted by Crippen LogP contribution is -2.68. The zero-order valence-electron chi connectivity index (χ0n) is 23.0. The van der Waals surface area contributed by atoms with Crippen molar-refractivity contribution in [2.75, 3.05) is 6.54 Å². The van der Waals surface area contributed by atoms with E-state index in [1.807, 2.05) is 42.5 Å². The Bertz CT molecular complexity index is 1430.